The van der Waals surface area contributed by atoms with Gasteiger partial charge in [-0.05, 0) is 68.4 Å². The lowest BCUT2D eigenvalue weighted by atomic mass is 9.82. The lowest BCUT2D eigenvalue weighted by Gasteiger charge is -2.37. The molecule has 3 aromatic rings. The molecule has 4 rings (SSSR count). The molecule has 2 aromatic carbocycles. The third-order valence-electron chi connectivity index (χ3n) is 6.21. The Morgan fingerprint density at radius 3 is 2.55 bits per heavy atom. The van der Waals surface area contributed by atoms with Crippen molar-refractivity contribution in [3.8, 4) is 17.1 Å². The predicted molar refractivity (Wildman–Crippen MR) is 124 cm³/mol. The minimum absolute atomic E-state index is 0.0368. The van der Waals surface area contributed by atoms with Gasteiger partial charge in [-0.3, -0.25) is 0 Å². The van der Waals surface area contributed by atoms with Crippen LogP contribution < -0.4 is 4.74 Å². The summed E-state index contributed by atoms with van der Waals surface area (Å²) in [7, 11) is 0. The fraction of sp³-hybridized carbons (Fsp3) is 0.462. The molecule has 7 nitrogen and oxygen atoms in total. The van der Waals surface area contributed by atoms with Crippen LogP contribution in [0.1, 0.15) is 48.3 Å². The van der Waals surface area contributed by atoms with Crippen molar-refractivity contribution in [3.05, 3.63) is 65.0 Å². The summed E-state index contributed by atoms with van der Waals surface area (Å²) in [6, 6.07) is 14.3. The van der Waals surface area contributed by atoms with Crippen LogP contribution in [-0.2, 0) is 16.8 Å². The number of ether oxygens (including phenoxy) is 2. The Morgan fingerprint density at radius 2 is 1.88 bits per heavy atom. The predicted octanol–water partition coefficient (Wildman–Crippen LogP) is 4.11. The fourth-order valence-corrected chi connectivity index (χ4v) is 4.49. The molecule has 2 N–H and O–H groups in total. The number of benzene rings is 2. The van der Waals surface area contributed by atoms with Crippen molar-refractivity contribution < 1.29 is 24.2 Å². The average molecular weight is 453 g/mol. The second-order valence-corrected chi connectivity index (χ2v) is 8.76. The summed E-state index contributed by atoms with van der Waals surface area (Å²) in [4.78, 5) is 4.64. The van der Waals surface area contributed by atoms with Crippen LogP contribution in [0.5, 0.6) is 5.75 Å². The molecule has 1 aliphatic heterocycles. The third-order valence-corrected chi connectivity index (χ3v) is 6.21. The lowest BCUT2D eigenvalue weighted by Crippen LogP contribution is -2.34. The Morgan fingerprint density at radius 1 is 1.12 bits per heavy atom. The van der Waals surface area contributed by atoms with Gasteiger partial charge in [0.1, 0.15) is 18.5 Å². The van der Waals surface area contributed by atoms with Crippen molar-refractivity contribution in [2.75, 3.05) is 19.8 Å². The Bertz CT molecular complexity index is 1020. The van der Waals surface area contributed by atoms with E-state index in [1.807, 2.05) is 32.0 Å². The molecule has 33 heavy (non-hydrogen) atoms. The summed E-state index contributed by atoms with van der Waals surface area (Å²) < 4.78 is 17.6. The topological polar surface area (TPSA) is 97.8 Å². The van der Waals surface area contributed by atoms with Gasteiger partial charge in [-0.25, -0.2) is 0 Å². The van der Waals surface area contributed by atoms with E-state index in [1.54, 1.807) is 0 Å². The Labute approximate surface area is 194 Å². The van der Waals surface area contributed by atoms with Gasteiger partial charge in [0, 0.05) is 18.6 Å². The molecule has 1 fully saturated rings. The summed E-state index contributed by atoms with van der Waals surface area (Å²) >= 11 is 0. The number of aliphatic hydroxyl groups is 2. The van der Waals surface area contributed by atoms with Gasteiger partial charge in [0.15, 0.2) is 0 Å². The molecule has 7 heteroatoms. The average Bonchev–Trinajstić information content (AvgIpc) is 3.32. The molecule has 0 aliphatic carbocycles. The van der Waals surface area contributed by atoms with Gasteiger partial charge < -0.3 is 24.2 Å². The van der Waals surface area contributed by atoms with Crippen molar-refractivity contribution in [2.24, 2.45) is 0 Å². The maximum Gasteiger partial charge on any atom is 0.227 e. The van der Waals surface area contributed by atoms with Crippen LogP contribution in [0, 0.1) is 13.8 Å². The summed E-state index contributed by atoms with van der Waals surface area (Å²) in [5.41, 5.74) is 3.55. The van der Waals surface area contributed by atoms with Crippen LogP contribution in [0.15, 0.2) is 47.0 Å². The quantitative estimate of drug-likeness (QED) is 0.504. The Balaban J connectivity index is 1.48. The second-order valence-electron chi connectivity index (χ2n) is 8.76. The van der Waals surface area contributed by atoms with Gasteiger partial charge in [0.25, 0.3) is 0 Å². The minimum Gasteiger partial charge on any atom is -0.490 e. The number of aryl methyl sites for hydroxylation is 3. The largest absolute Gasteiger partial charge is 0.490 e. The van der Waals surface area contributed by atoms with Crippen LogP contribution in [0.3, 0.4) is 0 Å². The first-order chi connectivity index (χ1) is 16.0. The standard InChI is InChI=1S/C26H32N2O5/c1-18-14-20(15-19(2)24(18)31-17-22(30)16-29)25-27-23(33-28-25)10-12-26(11-6-7-13-32-26)21-8-4-3-5-9-21/h3-5,8-9,14-15,22,29-30H,6-7,10-13,16-17H2,1-2H3. The van der Waals surface area contributed by atoms with Crippen LogP contribution in [0.2, 0.25) is 0 Å². The number of nitrogens with zero attached hydrogens (tertiary/aromatic N) is 2. The van der Waals surface area contributed by atoms with Crippen LogP contribution in [-0.4, -0.2) is 46.3 Å². The van der Waals surface area contributed by atoms with Crippen LogP contribution >= 0.6 is 0 Å². The number of aromatic nitrogens is 2. The maximum atomic E-state index is 9.56. The summed E-state index contributed by atoms with van der Waals surface area (Å²) in [6.07, 6.45) is 3.75. The molecule has 2 unspecified atom stereocenters. The first-order valence-corrected chi connectivity index (χ1v) is 11.6. The Hall–Kier alpha value is -2.74. The number of aliphatic hydroxyl groups excluding tert-OH is 2. The minimum atomic E-state index is -0.907. The van der Waals surface area contributed by atoms with Gasteiger partial charge in [-0.2, -0.15) is 4.98 Å². The molecule has 1 saturated heterocycles. The van der Waals surface area contributed by atoms with E-state index in [1.165, 1.54) is 5.56 Å². The van der Waals surface area contributed by atoms with Gasteiger partial charge in [0.2, 0.25) is 11.7 Å². The third kappa shape index (κ3) is 5.43. The molecule has 0 saturated carbocycles. The zero-order valence-corrected chi connectivity index (χ0v) is 19.3. The fourth-order valence-electron chi connectivity index (χ4n) is 4.49. The van der Waals surface area contributed by atoms with E-state index in [2.05, 4.69) is 34.4 Å². The van der Waals surface area contributed by atoms with Crippen molar-refractivity contribution in [3.63, 3.8) is 0 Å². The Kier molecular flexibility index (Phi) is 7.42. The van der Waals surface area contributed by atoms with E-state index < -0.39 is 6.10 Å². The summed E-state index contributed by atoms with van der Waals surface area (Å²) in [5.74, 6) is 1.82. The normalized spacial score (nSPS) is 19.4. The highest BCUT2D eigenvalue weighted by atomic mass is 16.5. The lowest BCUT2D eigenvalue weighted by molar-refractivity contribution is -0.0901. The van der Waals surface area contributed by atoms with Crippen LogP contribution in [0.4, 0.5) is 0 Å². The van der Waals surface area contributed by atoms with E-state index >= 15 is 0 Å². The number of rotatable bonds is 9. The van der Waals surface area contributed by atoms with Crippen molar-refractivity contribution in [2.45, 2.75) is 57.7 Å². The SMILES string of the molecule is Cc1cc(-c2noc(CCC3(c4ccccc4)CCCCO3)n2)cc(C)c1OCC(O)CO. The van der Waals surface area contributed by atoms with Crippen molar-refractivity contribution >= 4 is 0 Å². The van der Waals surface area contributed by atoms with E-state index in [-0.39, 0.29) is 18.8 Å². The van der Waals surface area contributed by atoms with Gasteiger partial charge >= 0.3 is 0 Å². The summed E-state index contributed by atoms with van der Waals surface area (Å²) in [5, 5.41) is 22.7. The van der Waals surface area contributed by atoms with E-state index in [0.29, 0.717) is 23.9 Å². The highest BCUT2D eigenvalue weighted by Gasteiger charge is 2.35. The van der Waals surface area contributed by atoms with Gasteiger partial charge in [-0.1, -0.05) is 35.5 Å². The first kappa shape index (κ1) is 23.4. The zero-order chi connectivity index (χ0) is 23.3. The molecule has 0 amide bonds. The molecule has 1 aromatic heterocycles. The molecule has 1 aliphatic rings. The van der Waals surface area contributed by atoms with E-state index in [4.69, 9.17) is 19.1 Å². The molecular weight excluding hydrogens is 420 g/mol. The molecule has 2 atom stereocenters. The van der Waals surface area contributed by atoms with E-state index in [9.17, 15) is 5.11 Å². The van der Waals surface area contributed by atoms with Crippen molar-refractivity contribution in [1.82, 2.24) is 10.1 Å². The van der Waals surface area contributed by atoms with Gasteiger partial charge in [0.05, 0.1) is 12.2 Å². The van der Waals surface area contributed by atoms with Gasteiger partial charge in [-0.15, -0.1) is 0 Å². The molecular formula is C26H32N2O5. The van der Waals surface area contributed by atoms with E-state index in [0.717, 1.165) is 49.0 Å². The van der Waals surface area contributed by atoms with Crippen molar-refractivity contribution in [1.29, 1.82) is 0 Å². The zero-order valence-electron chi connectivity index (χ0n) is 19.3. The molecule has 0 radical (unpaired) electrons. The molecule has 0 bridgehead atoms. The molecule has 2 heterocycles. The number of hydrogen-bond acceptors (Lipinski definition) is 7. The highest BCUT2D eigenvalue weighted by Crippen LogP contribution is 2.39. The monoisotopic (exact) mass is 452 g/mol. The maximum absolute atomic E-state index is 9.56. The number of hydrogen-bond donors (Lipinski definition) is 2. The summed E-state index contributed by atoms with van der Waals surface area (Å²) in [6.45, 7) is 4.34. The smallest absolute Gasteiger partial charge is 0.227 e. The second kappa shape index (κ2) is 10.5. The first-order valence-electron chi connectivity index (χ1n) is 11.6. The molecule has 176 valence electrons. The molecule has 0 spiro atoms. The highest BCUT2D eigenvalue weighted by molar-refractivity contribution is 5.61. The van der Waals surface area contributed by atoms with Crippen LogP contribution in [0.25, 0.3) is 11.4 Å².